The van der Waals surface area contributed by atoms with Crippen molar-refractivity contribution in [3.63, 3.8) is 0 Å². The standard InChI is InChI=1S/C19H18ClN5O2/c1-12-9-21-19(20)23-16(12)15-11-24-6-7-25(18(26)17(24)22-15)10-13-4-3-5-14(8-13)27-2/h3-5,8-9,11H,6-7,10H2,1-2H3. The molecule has 0 atom stereocenters. The van der Waals surface area contributed by atoms with Crippen LogP contribution in [0, 0.1) is 6.92 Å². The maximum Gasteiger partial charge on any atom is 0.290 e. The molecule has 1 amide bonds. The summed E-state index contributed by atoms with van der Waals surface area (Å²) in [6, 6.07) is 7.72. The third-order valence-corrected chi connectivity index (χ3v) is 4.74. The number of hydrogen-bond acceptors (Lipinski definition) is 5. The Morgan fingerprint density at radius 1 is 1.26 bits per heavy atom. The molecule has 0 spiro atoms. The summed E-state index contributed by atoms with van der Waals surface area (Å²) in [5.41, 5.74) is 3.14. The number of imidazole rings is 1. The van der Waals surface area contributed by atoms with Gasteiger partial charge in [-0.2, -0.15) is 0 Å². The number of methoxy groups -OCH3 is 1. The Bertz CT molecular complexity index is 1020. The third-order valence-electron chi connectivity index (χ3n) is 4.56. The summed E-state index contributed by atoms with van der Waals surface area (Å²) in [5, 5.41) is 0.160. The number of fused-ring (bicyclic) bond motifs is 1. The minimum Gasteiger partial charge on any atom is -0.497 e. The predicted octanol–water partition coefficient (Wildman–Crippen LogP) is 2.97. The molecule has 0 radical (unpaired) electrons. The van der Waals surface area contributed by atoms with E-state index in [0.29, 0.717) is 36.8 Å². The maximum absolute atomic E-state index is 12.9. The average Bonchev–Trinajstić information content (AvgIpc) is 3.11. The number of carbonyl (C=O) groups excluding carboxylic acids is 1. The molecule has 0 saturated carbocycles. The van der Waals surface area contributed by atoms with E-state index in [0.717, 1.165) is 16.9 Å². The number of rotatable bonds is 4. The van der Waals surface area contributed by atoms with Crippen molar-refractivity contribution in [3.05, 3.63) is 58.9 Å². The fourth-order valence-electron chi connectivity index (χ4n) is 3.16. The first-order valence-corrected chi connectivity index (χ1v) is 8.92. The van der Waals surface area contributed by atoms with Gasteiger partial charge in [0.25, 0.3) is 5.91 Å². The van der Waals surface area contributed by atoms with Gasteiger partial charge in [0.2, 0.25) is 5.28 Å². The maximum atomic E-state index is 12.9. The Kier molecular flexibility index (Phi) is 4.53. The minimum atomic E-state index is -0.104. The first-order chi connectivity index (χ1) is 13.0. The van der Waals surface area contributed by atoms with Crippen LogP contribution in [0.5, 0.6) is 5.75 Å². The molecule has 1 aliphatic heterocycles. The van der Waals surface area contributed by atoms with Gasteiger partial charge in [0.1, 0.15) is 11.4 Å². The molecule has 8 heteroatoms. The molecule has 2 aromatic heterocycles. The molecular formula is C19H18ClN5O2. The van der Waals surface area contributed by atoms with E-state index in [-0.39, 0.29) is 11.2 Å². The van der Waals surface area contributed by atoms with Crippen LogP contribution >= 0.6 is 11.6 Å². The van der Waals surface area contributed by atoms with Crippen LogP contribution in [0.4, 0.5) is 0 Å². The van der Waals surface area contributed by atoms with Crippen molar-refractivity contribution >= 4 is 17.5 Å². The van der Waals surface area contributed by atoms with Crippen LogP contribution in [-0.4, -0.2) is 44.0 Å². The largest absolute Gasteiger partial charge is 0.497 e. The number of hydrogen-bond donors (Lipinski definition) is 0. The zero-order chi connectivity index (χ0) is 19.0. The van der Waals surface area contributed by atoms with Crippen molar-refractivity contribution in [2.24, 2.45) is 0 Å². The van der Waals surface area contributed by atoms with Crippen LogP contribution in [0.15, 0.2) is 36.7 Å². The van der Waals surface area contributed by atoms with Gasteiger partial charge in [0, 0.05) is 32.0 Å². The number of nitrogens with zero attached hydrogens (tertiary/aromatic N) is 5. The fourth-order valence-corrected chi connectivity index (χ4v) is 3.30. The second-order valence-corrected chi connectivity index (χ2v) is 6.73. The molecule has 0 fully saturated rings. The van der Waals surface area contributed by atoms with Crippen molar-refractivity contribution in [3.8, 4) is 17.1 Å². The van der Waals surface area contributed by atoms with Gasteiger partial charge < -0.3 is 14.2 Å². The molecule has 0 saturated heterocycles. The third kappa shape index (κ3) is 3.38. The van der Waals surface area contributed by atoms with Gasteiger partial charge in [-0.1, -0.05) is 12.1 Å². The second kappa shape index (κ2) is 7.00. The second-order valence-electron chi connectivity index (χ2n) is 6.39. The van der Waals surface area contributed by atoms with Crippen LogP contribution in [-0.2, 0) is 13.1 Å². The van der Waals surface area contributed by atoms with Crippen molar-refractivity contribution in [2.75, 3.05) is 13.7 Å². The summed E-state index contributed by atoms with van der Waals surface area (Å²) in [5.74, 6) is 1.08. The molecule has 0 N–H and O–H groups in total. The number of amides is 1. The van der Waals surface area contributed by atoms with Crippen LogP contribution in [0.25, 0.3) is 11.4 Å². The summed E-state index contributed by atoms with van der Waals surface area (Å²) in [6.07, 6.45) is 3.50. The van der Waals surface area contributed by atoms with Crippen LogP contribution in [0.3, 0.4) is 0 Å². The summed E-state index contributed by atoms with van der Waals surface area (Å²) < 4.78 is 7.13. The summed E-state index contributed by atoms with van der Waals surface area (Å²) in [7, 11) is 1.63. The monoisotopic (exact) mass is 383 g/mol. The Labute approximate surface area is 161 Å². The lowest BCUT2D eigenvalue weighted by molar-refractivity contribution is 0.0683. The van der Waals surface area contributed by atoms with Crippen molar-refractivity contribution < 1.29 is 9.53 Å². The van der Waals surface area contributed by atoms with Gasteiger partial charge in [-0.05, 0) is 41.8 Å². The van der Waals surface area contributed by atoms with E-state index in [1.807, 2.05) is 42.0 Å². The molecule has 4 rings (SSSR count). The fraction of sp³-hybridized carbons (Fsp3) is 0.263. The SMILES string of the molecule is COc1cccc(CN2CCn3cc(-c4nc(Cl)ncc4C)nc3C2=O)c1. The van der Waals surface area contributed by atoms with E-state index >= 15 is 0 Å². The van der Waals surface area contributed by atoms with Gasteiger partial charge in [-0.15, -0.1) is 0 Å². The lowest BCUT2D eigenvalue weighted by Crippen LogP contribution is -2.39. The van der Waals surface area contributed by atoms with E-state index in [1.54, 1.807) is 18.2 Å². The van der Waals surface area contributed by atoms with Crippen molar-refractivity contribution in [1.82, 2.24) is 24.4 Å². The Balaban J connectivity index is 1.61. The summed E-state index contributed by atoms with van der Waals surface area (Å²) in [4.78, 5) is 27.5. The van der Waals surface area contributed by atoms with Crippen molar-refractivity contribution in [1.29, 1.82) is 0 Å². The molecule has 1 aliphatic rings. The highest BCUT2D eigenvalue weighted by Gasteiger charge is 2.28. The number of benzene rings is 1. The topological polar surface area (TPSA) is 73.1 Å². The molecule has 27 heavy (non-hydrogen) atoms. The van der Waals surface area contributed by atoms with E-state index in [9.17, 15) is 4.79 Å². The van der Waals surface area contributed by atoms with Crippen LogP contribution in [0.2, 0.25) is 5.28 Å². The Hall–Kier alpha value is -2.93. The smallest absolute Gasteiger partial charge is 0.290 e. The number of aromatic nitrogens is 4. The molecule has 1 aromatic carbocycles. The lowest BCUT2D eigenvalue weighted by Gasteiger charge is -2.27. The average molecular weight is 384 g/mol. The zero-order valence-electron chi connectivity index (χ0n) is 15.0. The Morgan fingerprint density at radius 2 is 2.11 bits per heavy atom. The number of carbonyl (C=O) groups is 1. The molecule has 0 aliphatic carbocycles. The van der Waals surface area contributed by atoms with Crippen LogP contribution in [0.1, 0.15) is 21.7 Å². The first kappa shape index (κ1) is 17.5. The van der Waals surface area contributed by atoms with Crippen LogP contribution < -0.4 is 4.74 Å². The normalized spacial score (nSPS) is 13.6. The van der Waals surface area contributed by atoms with Gasteiger partial charge in [-0.25, -0.2) is 15.0 Å². The number of halogens is 1. The van der Waals surface area contributed by atoms with Gasteiger partial charge >= 0.3 is 0 Å². The summed E-state index contributed by atoms with van der Waals surface area (Å²) in [6.45, 7) is 3.69. The highest BCUT2D eigenvalue weighted by atomic mass is 35.5. The van der Waals surface area contributed by atoms with E-state index in [1.165, 1.54) is 0 Å². The van der Waals surface area contributed by atoms with E-state index in [2.05, 4.69) is 15.0 Å². The molecule has 0 bridgehead atoms. The van der Waals surface area contributed by atoms with E-state index < -0.39 is 0 Å². The van der Waals surface area contributed by atoms with Gasteiger partial charge in [0.15, 0.2) is 5.82 Å². The number of aryl methyl sites for hydroxylation is 1. The first-order valence-electron chi connectivity index (χ1n) is 8.54. The summed E-state index contributed by atoms with van der Waals surface area (Å²) >= 11 is 5.92. The lowest BCUT2D eigenvalue weighted by atomic mass is 10.2. The quantitative estimate of drug-likeness (QED) is 0.647. The molecule has 0 unspecified atom stereocenters. The zero-order valence-corrected chi connectivity index (χ0v) is 15.8. The molecule has 3 heterocycles. The molecule has 3 aromatic rings. The van der Waals surface area contributed by atoms with Gasteiger partial charge in [0.05, 0.1) is 12.8 Å². The predicted molar refractivity (Wildman–Crippen MR) is 101 cm³/mol. The highest BCUT2D eigenvalue weighted by molar-refractivity contribution is 6.28. The van der Waals surface area contributed by atoms with E-state index in [4.69, 9.17) is 16.3 Å². The van der Waals surface area contributed by atoms with Crippen molar-refractivity contribution in [2.45, 2.75) is 20.0 Å². The minimum absolute atomic E-state index is 0.104. The van der Waals surface area contributed by atoms with Gasteiger partial charge in [-0.3, -0.25) is 4.79 Å². The molecular weight excluding hydrogens is 366 g/mol. The number of ether oxygens (including phenoxy) is 1. The highest BCUT2D eigenvalue weighted by Crippen LogP contribution is 2.24. The molecule has 7 nitrogen and oxygen atoms in total. The molecule has 138 valence electrons. The Morgan fingerprint density at radius 3 is 2.93 bits per heavy atom.